The Labute approximate surface area is 132 Å². The molecule has 1 N–H and O–H groups in total. The molecular weight excluding hydrogens is 274 g/mol. The lowest BCUT2D eigenvalue weighted by Gasteiger charge is -2.16. The molecule has 116 valence electrons. The predicted molar refractivity (Wildman–Crippen MR) is 90.4 cm³/mol. The molecule has 1 amide bonds. The number of nitrogens with one attached hydrogen (secondary N) is 1. The number of carbonyl (C=O) groups is 1. The van der Waals surface area contributed by atoms with Gasteiger partial charge in [-0.25, -0.2) is 0 Å². The SMILES string of the molecule is CCc1cccc(OC(C)C(=O)Nc2ccccc2CC)c1. The molecule has 2 aromatic carbocycles. The Morgan fingerprint density at radius 2 is 1.86 bits per heavy atom. The van der Waals surface area contributed by atoms with Gasteiger partial charge in [-0.3, -0.25) is 4.79 Å². The van der Waals surface area contributed by atoms with Gasteiger partial charge in [0, 0.05) is 5.69 Å². The number of anilines is 1. The van der Waals surface area contributed by atoms with Crippen LogP contribution in [0.2, 0.25) is 0 Å². The third-order valence-corrected chi connectivity index (χ3v) is 3.64. The van der Waals surface area contributed by atoms with E-state index in [1.54, 1.807) is 6.92 Å². The zero-order valence-electron chi connectivity index (χ0n) is 13.4. The van der Waals surface area contributed by atoms with Crippen molar-refractivity contribution in [2.24, 2.45) is 0 Å². The molecule has 0 saturated heterocycles. The maximum absolute atomic E-state index is 12.3. The fourth-order valence-corrected chi connectivity index (χ4v) is 2.28. The molecule has 3 heteroatoms. The fraction of sp³-hybridized carbons (Fsp3) is 0.316. The van der Waals surface area contributed by atoms with Crippen molar-refractivity contribution in [1.29, 1.82) is 0 Å². The van der Waals surface area contributed by atoms with E-state index >= 15 is 0 Å². The molecule has 3 nitrogen and oxygen atoms in total. The highest BCUT2D eigenvalue weighted by Gasteiger charge is 2.16. The number of amides is 1. The number of benzene rings is 2. The van der Waals surface area contributed by atoms with Gasteiger partial charge in [0.05, 0.1) is 0 Å². The Balaban J connectivity index is 2.02. The quantitative estimate of drug-likeness (QED) is 0.867. The van der Waals surface area contributed by atoms with Crippen LogP contribution < -0.4 is 10.1 Å². The molecule has 0 aliphatic heterocycles. The molecule has 0 saturated carbocycles. The van der Waals surface area contributed by atoms with Gasteiger partial charge in [-0.05, 0) is 49.1 Å². The van der Waals surface area contributed by atoms with Crippen LogP contribution >= 0.6 is 0 Å². The lowest BCUT2D eigenvalue weighted by molar-refractivity contribution is -0.122. The van der Waals surface area contributed by atoms with Gasteiger partial charge < -0.3 is 10.1 Å². The second-order valence-corrected chi connectivity index (χ2v) is 5.26. The third-order valence-electron chi connectivity index (χ3n) is 3.64. The van der Waals surface area contributed by atoms with E-state index < -0.39 is 6.10 Å². The molecule has 1 unspecified atom stereocenters. The van der Waals surface area contributed by atoms with Gasteiger partial charge in [-0.1, -0.05) is 44.2 Å². The number of ether oxygens (including phenoxy) is 1. The largest absolute Gasteiger partial charge is 0.481 e. The highest BCUT2D eigenvalue weighted by molar-refractivity contribution is 5.94. The van der Waals surface area contributed by atoms with Gasteiger partial charge in [0.25, 0.3) is 5.91 Å². The van der Waals surface area contributed by atoms with Gasteiger partial charge >= 0.3 is 0 Å². The number of aryl methyl sites for hydroxylation is 2. The van der Waals surface area contributed by atoms with E-state index in [0.29, 0.717) is 0 Å². The van der Waals surface area contributed by atoms with Crippen molar-refractivity contribution in [1.82, 2.24) is 0 Å². The van der Waals surface area contributed by atoms with Crippen LogP contribution in [0, 0.1) is 0 Å². The fourth-order valence-electron chi connectivity index (χ4n) is 2.28. The first-order valence-corrected chi connectivity index (χ1v) is 7.78. The van der Waals surface area contributed by atoms with Crippen LogP contribution in [-0.2, 0) is 17.6 Å². The summed E-state index contributed by atoms with van der Waals surface area (Å²) in [6, 6.07) is 15.7. The Hall–Kier alpha value is -2.29. The van der Waals surface area contributed by atoms with Gasteiger partial charge in [-0.15, -0.1) is 0 Å². The summed E-state index contributed by atoms with van der Waals surface area (Å²) in [7, 11) is 0. The summed E-state index contributed by atoms with van der Waals surface area (Å²) in [6.45, 7) is 5.93. The molecule has 0 aliphatic rings. The lowest BCUT2D eigenvalue weighted by Crippen LogP contribution is -2.30. The summed E-state index contributed by atoms with van der Waals surface area (Å²) >= 11 is 0. The molecule has 2 rings (SSSR count). The van der Waals surface area contributed by atoms with Crippen molar-refractivity contribution < 1.29 is 9.53 Å². The normalized spacial score (nSPS) is 11.8. The first kappa shape index (κ1) is 16.1. The standard InChI is InChI=1S/C19H23NO2/c1-4-15-9-8-11-17(13-15)22-14(3)19(21)20-18-12-7-6-10-16(18)5-2/h6-14H,4-5H2,1-3H3,(H,20,21). The van der Waals surface area contributed by atoms with Gasteiger partial charge in [-0.2, -0.15) is 0 Å². The summed E-state index contributed by atoms with van der Waals surface area (Å²) in [4.78, 5) is 12.3. The molecule has 0 heterocycles. The van der Waals surface area contributed by atoms with E-state index in [1.165, 1.54) is 5.56 Å². The average molecular weight is 297 g/mol. The van der Waals surface area contributed by atoms with Crippen LogP contribution in [0.3, 0.4) is 0 Å². The smallest absolute Gasteiger partial charge is 0.265 e. The zero-order valence-corrected chi connectivity index (χ0v) is 13.4. The molecule has 0 spiro atoms. The molecule has 0 aliphatic carbocycles. The minimum atomic E-state index is -0.544. The maximum atomic E-state index is 12.3. The van der Waals surface area contributed by atoms with Gasteiger partial charge in [0.15, 0.2) is 6.10 Å². The van der Waals surface area contributed by atoms with Crippen molar-refractivity contribution in [3.63, 3.8) is 0 Å². The van der Waals surface area contributed by atoms with Crippen LogP contribution in [0.5, 0.6) is 5.75 Å². The van der Waals surface area contributed by atoms with Crippen LogP contribution in [-0.4, -0.2) is 12.0 Å². The second-order valence-electron chi connectivity index (χ2n) is 5.26. The monoisotopic (exact) mass is 297 g/mol. The van der Waals surface area contributed by atoms with Crippen LogP contribution in [0.25, 0.3) is 0 Å². The molecule has 22 heavy (non-hydrogen) atoms. The van der Waals surface area contributed by atoms with E-state index in [2.05, 4.69) is 25.2 Å². The Bertz CT molecular complexity index is 637. The van der Waals surface area contributed by atoms with Crippen LogP contribution in [0.15, 0.2) is 48.5 Å². The molecular formula is C19H23NO2. The first-order chi connectivity index (χ1) is 10.6. The first-order valence-electron chi connectivity index (χ1n) is 7.78. The Morgan fingerprint density at radius 1 is 1.09 bits per heavy atom. The van der Waals surface area contributed by atoms with Gasteiger partial charge in [0.2, 0.25) is 0 Å². The van der Waals surface area contributed by atoms with Crippen molar-refractivity contribution >= 4 is 11.6 Å². The van der Waals surface area contributed by atoms with Crippen molar-refractivity contribution in [3.05, 3.63) is 59.7 Å². The van der Waals surface area contributed by atoms with Crippen molar-refractivity contribution in [2.45, 2.75) is 39.7 Å². The average Bonchev–Trinajstić information content (AvgIpc) is 2.55. The minimum Gasteiger partial charge on any atom is -0.481 e. The molecule has 0 bridgehead atoms. The molecule has 0 fully saturated rings. The lowest BCUT2D eigenvalue weighted by atomic mass is 10.1. The second kappa shape index (κ2) is 7.64. The maximum Gasteiger partial charge on any atom is 0.265 e. The number of hydrogen-bond acceptors (Lipinski definition) is 2. The number of carbonyl (C=O) groups excluding carboxylic acids is 1. The molecule has 1 atom stereocenters. The Kier molecular flexibility index (Phi) is 5.59. The van der Waals surface area contributed by atoms with Gasteiger partial charge in [0.1, 0.15) is 5.75 Å². The summed E-state index contributed by atoms with van der Waals surface area (Å²) in [6.07, 6.45) is 1.28. The van der Waals surface area contributed by atoms with E-state index in [9.17, 15) is 4.79 Å². The van der Waals surface area contributed by atoms with E-state index in [4.69, 9.17) is 4.74 Å². The number of rotatable bonds is 6. The summed E-state index contributed by atoms with van der Waals surface area (Å²) in [5.41, 5.74) is 3.17. The summed E-state index contributed by atoms with van der Waals surface area (Å²) in [5, 5.41) is 2.95. The Morgan fingerprint density at radius 3 is 2.59 bits per heavy atom. The number of para-hydroxylation sites is 1. The minimum absolute atomic E-state index is 0.136. The molecule has 0 aromatic heterocycles. The molecule has 2 aromatic rings. The van der Waals surface area contributed by atoms with Crippen LogP contribution in [0.4, 0.5) is 5.69 Å². The van der Waals surface area contributed by atoms with Crippen molar-refractivity contribution in [2.75, 3.05) is 5.32 Å². The summed E-state index contributed by atoms with van der Waals surface area (Å²) in [5.74, 6) is 0.591. The van der Waals surface area contributed by atoms with Crippen LogP contribution in [0.1, 0.15) is 31.9 Å². The third kappa shape index (κ3) is 4.10. The van der Waals surface area contributed by atoms with E-state index in [1.807, 2.05) is 42.5 Å². The highest BCUT2D eigenvalue weighted by atomic mass is 16.5. The van der Waals surface area contributed by atoms with Crippen molar-refractivity contribution in [3.8, 4) is 5.75 Å². The molecule has 0 radical (unpaired) electrons. The van der Waals surface area contributed by atoms with E-state index in [-0.39, 0.29) is 5.91 Å². The summed E-state index contributed by atoms with van der Waals surface area (Å²) < 4.78 is 5.75. The van der Waals surface area contributed by atoms with E-state index in [0.717, 1.165) is 29.8 Å². The predicted octanol–water partition coefficient (Wildman–Crippen LogP) is 4.22. The highest BCUT2D eigenvalue weighted by Crippen LogP contribution is 2.18. The topological polar surface area (TPSA) is 38.3 Å². The zero-order chi connectivity index (χ0) is 15.9. The number of hydrogen-bond donors (Lipinski definition) is 1.